The molecule has 2 N–H and O–H groups in total. The molecule has 2 atom stereocenters. The molecule has 14 heteroatoms. The third-order valence-electron chi connectivity index (χ3n) is 7.61. The molecule has 6 nitrogen and oxygen atoms in total. The minimum atomic E-state index is -6.15. The fourth-order valence-corrected chi connectivity index (χ4v) is 7.11. The number of aryl methyl sites for hydroxylation is 1. The summed E-state index contributed by atoms with van der Waals surface area (Å²) in [6, 6.07) is 13.1. The van der Waals surface area contributed by atoms with Crippen molar-refractivity contribution in [2.24, 2.45) is 5.92 Å². The van der Waals surface area contributed by atoms with Gasteiger partial charge >= 0.3 is 12.4 Å². The van der Waals surface area contributed by atoms with Gasteiger partial charge in [-0.25, -0.2) is 12.8 Å². The summed E-state index contributed by atoms with van der Waals surface area (Å²) in [7, 11) is -4.62. The van der Waals surface area contributed by atoms with Crippen molar-refractivity contribution >= 4 is 21.5 Å². The van der Waals surface area contributed by atoms with E-state index >= 15 is 0 Å². The Labute approximate surface area is 248 Å². The Balaban J connectivity index is 1.72. The molecule has 1 aliphatic rings. The molecular weight excluding hydrogens is 619 g/mol. The SMILES string of the molecule is O=C(C[C@@H](CO)Cc1ccccc1)C[C@@H]1CCc2cc(C(O)(C(F)(F)F)C(F)(F)F)ccc2N1S(=O)(=O)c1ccc(F)cc1. The molecule has 4 rings (SSSR count). The van der Waals surface area contributed by atoms with Gasteiger partial charge in [-0.3, -0.25) is 9.10 Å². The maximum Gasteiger partial charge on any atom is 0.430 e. The average molecular weight is 648 g/mol. The summed E-state index contributed by atoms with van der Waals surface area (Å²) in [6.45, 7) is -0.337. The number of aliphatic hydroxyl groups is 2. The fraction of sp³-hybridized carbons (Fsp3) is 0.367. The number of aliphatic hydroxyl groups excluding tert-OH is 1. The summed E-state index contributed by atoms with van der Waals surface area (Å²) in [4.78, 5) is 12.8. The number of Topliss-reactive ketones (excluding diaryl/α,β-unsaturated/α-hetero) is 1. The van der Waals surface area contributed by atoms with Crippen molar-refractivity contribution in [3.05, 3.63) is 95.3 Å². The van der Waals surface area contributed by atoms with Crippen LogP contribution in [-0.2, 0) is 33.3 Å². The van der Waals surface area contributed by atoms with Crippen molar-refractivity contribution in [3.63, 3.8) is 0 Å². The lowest BCUT2D eigenvalue weighted by Crippen LogP contribution is -2.54. The van der Waals surface area contributed by atoms with Crippen molar-refractivity contribution in [3.8, 4) is 0 Å². The number of halogens is 7. The van der Waals surface area contributed by atoms with Gasteiger partial charge in [0, 0.05) is 25.0 Å². The molecule has 3 aromatic rings. The number of anilines is 1. The van der Waals surface area contributed by atoms with Crippen molar-refractivity contribution in [1.29, 1.82) is 0 Å². The molecule has 0 aromatic heterocycles. The molecule has 0 saturated heterocycles. The molecule has 0 unspecified atom stereocenters. The van der Waals surface area contributed by atoms with Gasteiger partial charge in [0.25, 0.3) is 15.6 Å². The normalized spacial score (nSPS) is 16.8. The molecule has 0 fully saturated rings. The van der Waals surface area contributed by atoms with E-state index in [0.29, 0.717) is 18.6 Å². The Morgan fingerprint density at radius 3 is 2.11 bits per heavy atom. The van der Waals surface area contributed by atoms with Crippen molar-refractivity contribution in [2.45, 2.75) is 61.0 Å². The highest BCUT2D eigenvalue weighted by molar-refractivity contribution is 7.92. The Morgan fingerprint density at radius 2 is 1.55 bits per heavy atom. The number of alkyl halides is 6. The molecule has 0 amide bonds. The summed E-state index contributed by atoms with van der Waals surface area (Å²) >= 11 is 0. The van der Waals surface area contributed by atoms with E-state index in [2.05, 4.69) is 0 Å². The molecule has 1 heterocycles. The Kier molecular flexibility index (Phi) is 9.48. The molecule has 44 heavy (non-hydrogen) atoms. The lowest BCUT2D eigenvalue weighted by molar-refractivity contribution is -0.376. The largest absolute Gasteiger partial charge is 0.430 e. The summed E-state index contributed by atoms with van der Waals surface area (Å²) < 4.78 is 123. The lowest BCUT2D eigenvalue weighted by Gasteiger charge is -2.39. The van der Waals surface area contributed by atoms with E-state index in [1.165, 1.54) is 0 Å². The first-order valence-corrected chi connectivity index (χ1v) is 14.9. The van der Waals surface area contributed by atoms with Crippen LogP contribution in [0.3, 0.4) is 0 Å². The molecular formula is C30H28F7NO5S. The van der Waals surface area contributed by atoms with Crippen LogP contribution in [0.15, 0.2) is 77.7 Å². The van der Waals surface area contributed by atoms with E-state index in [4.69, 9.17) is 0 Å². The lowest BCUT2D eigenvalue weighted by atomic mass is 9.86. The maximum absolute atomic E-state index is 13.8. The molecule has 0 bridgehead atoms. The van der Waals surface area contributed by atoms with Crippen LogP contribution >= 0.6 is 0 Å². The number of nitrogens with zero attached hydrogens (tertiary/aromatic N) is 1. The maximum atomic E-state index is 13.8. The monoisotopic (exact) mass is 647 g/mol. The van der Waals surface area contributed by atoms with Crippen LogP contribution in [0.2, 0.25) is 0 Å². The van der Waals surface area contributed by atoms with Gasteiger partial charge in [0.2, 0.25) is 0 Å². The van der Waals surface area contributed by atoms with Crippen LogP contribution < -0.4 is 4.31 Å². The first-order chi connectivity index (χ1) is 20.5. The van der Waals surface area contributed by atoms with Gasteiger partial charge in [0.05, 0.1) is 16.6 Å². The number of benzene rings is 3. The van der Waals surface area contributed by atoms with E-state index in [0.717, 1.165) is 40.2 Å². The highest BCUT2D eigenvalue weighted by atomic mass is 32.2. The Bertz CT molecular complexity index is 1560. The molecule has 238 valence electrons. The quantitative estimate of drug-likeness (QED) is 0.270. The minimum Gasteiger partial charge on any atom is -0.396 e. The van der Waals surface area contributed by atoms with Gasteiger partial charge in [-0.15, -0.1) is 0 Å². The number of hydrogen-bond donors (Lipinski definition) is 2. The van der Waals surface area contributed by atoms with E-state index in [1.54, 1.807) is 18.2 Å². The van der Waals surface area contributed by atoms with E-state index < -0.39 is 62.0 Å². The zero-order valence-electron chi connectivity index (χ0n) is 22.9. The molecule has 3 aromatic carbocycles. The van der Waals surface area contributed by atoms with Crippen molar-refractivity contribution in [2.75, 3.05) is 10.9 Å². The van der Waals surface area contributed by atoms with Crippen molar-refractivity contribution < 1.29 is 54.2 Å². The summed E-state index contributed by atoms with van der Waals surface area (Å²) in [5.74, 6) is -1.67. The van der Waals surface area contributed by atoms with Crippen LogP contribution in [0.1, 0.15) is 36.0 Å². The first kappa shape index (κ1) is 33.4. The smallest absolute Gasteiger partial charge is 0.396 e. The van der Waals surface area contributed by atoms with Gasteiger partial charge in [0.15, 0.2) is 0 Å². The van der Waals surface area contributed by atoms with Crippen LogP contribution in [0.25, 0.3) is 0 Å². The van der Waals surface area contributed by atoms with E-state index in [1.807, 2.05) is 12.1 Å². The molecule has 0 spiro atoms. The number of hydrogen-bond acceptors (Lipinski definition) is 5. The van der Waals surface area contributed by atoms with E-state index in [9.17, 15) is 54.2 Å². The zero-order chi connectivity index (χ0) is 32.5. The summed E-state index contributed by atoms with van der Waals surface area (Å²) in [5.41, 5.74) is -6.42. The molecule has 0 aliphatic carbocycles. The molecule has 1 aliphatic heterocycles. The van der Waals surface area contributed by atoms with Gasteiger partial charge in [0.1, 0.15) is 11.6 Å². The topological polar surface area (TPSA) is 94.9 Å². The Morgan fingerprint density at radius 1 is 0.932 bits per heavy atom. The fourth-order valence-electron chi connectivity index (χ4n) is 5.40. The van der Waals surface area contributed by atoms with Gasteiger partial charge < -0.3 is 10.2 Å². The second-order valence-electron chi connectivity index (χ2n) is 10.7. The van der Waals surface area contributed by atoms with E-state index in [-0.39, 0.29) is 43.5 Å². The van der Waals surface area contributed by atoms with Crippen LogP contribution in [0.5, 0.6) is 0 Å². The van der Waals surface area contributed by atoms with Gasteiger partial charge in [-0.05, 0) is 66.6 Å². The predicted octanol–water partition coefficient (Wildman–Crippen LogP) is 5.85. The highest BCUT2D eigenvalue weighted by Crippen LogP contribution is 2.51. The van der Waals surface area contributed by atoms with Crippen LogP contribution in [-0.4, -0.2) is 49.4 Å². The third kappa shape index (κ3) is 6.61. The third-order valence-corrected chi connectivity index (χ3v) is 9.49. The number of carbonyl (C=O) groups excluding carboxylic acids is 1. The van der Waals surface area contributed by atoms with Gasteiger partial charge in [-0.2, -0.15) is 26.3 Å². The Hall–Kier alpha value is -3.49. The summed E-state index contributed by atoms with van der Waals surface area (Å²) in [6.07, 6.45) is -12.8. The molecule has 0 radical (unpaired) electrons. The van der Waals surface area contributed by atoms with Crippen molar-refractivity contribution in [1.82, 2.24) is 0 Å². The number of fused-ring (bicyclic) bond motifs is 1. The number of carbonyl (C=O) groups is 1. The summed E-state index contributed by atoms with van der Waals surface area (Å²) in [5, 5.41) is 19.7. The standard InChI is InChI=1S/C30H28F7NO5S/c31-23-8-11-26(12-9-23)44(42,43)38-24(17-25(40)15-20(18-39)14-19-4-2-1-3-5-19)10-6-21-16-22(7-13-27(21)38)28(41,29(32,33)34)30(35,36)37/h1-5,7-9,11-13,16,20,24,39,41H,6,10,14-15,17-18H2/t20-,24-/m0/s1. The average Bonchev–Trinajstić information content (AvgIpc) is 2.95. The predicted molar refractivity (Wildman–Crippen MR) is 146 cm³/mol. The zero-order valence-corrected chi connectivity index (χ0v) is 23.8. The first-order valence-electron chi connectivity index (χ1n) is 13.4. The molecule has 0 saturated carbocycles. The number of sulfonamides is 1. The van der Waals surface area contributed by atoms with Crippen LogP contribution in [0.4, 0.5) is 36.4 Å². The van der Waals surface area contributed by atoms with Gasteiger partial charge in [-0.1, -0.05) is 42.5 Å². The number of rotatable bonds is 10. The second kappa shape index (κ2) is 12.5. The minimum absolute atomic E-state index is 0.123. The van der Waals surface area contributed by atoms with Crippen LogP contribution in [0, 0.1) is 11.7 Å². The number of ketones is 1. The second-order valence-corrected chi connectivity index (χ2v) is 12.5. The highest BCUT2D eigenvalue weighted by Gasteiger charge is 2.71.